The Hall–Kier alpha value is -1.63. The molecule has 1 aromatic heterocycles. The smallest absolute Gasteiger partial charge is 0.242 e. The van der Waals surface area contributed by atoms with Crippen LogP contribution in [0, 0.1) is 31.6 Å². The van der Waals surface area contributed by atoms with Gasteiger partial charge < -0.3 is 5.32 Å². The standard InChI is InChI=1S/C20H35N5OS/c1-12(2)11-25-16(6)17(15(5)24-25)10-19(26)22-23-20(27)21-18-9-7-8-13(3)14(18)4/h12-14,18H,7-11H2,1-6H3,(H,22,26)(H2,21,23,27)/t13-,14-,18-/m0/s1. The molecule has 2 rings (SSSR count). The van der Waals surface area contributed by atoms with Crippen LogP contribution in [0.2, 0.25) is 0 Å². The van der Waals surface area contributed by atoms with Gasteiger partial charge in [0.15, 0.2) is 5.11 Å². The molecule has 1 aromatic rings. The van der Waals surface area contributed by atoms with E-state index in [1.54, 1.807) is 0 Å². The zero-order valence-electron chi connectivity index (χ0n) is 17.6. The maximum atomic E-state index is 12.4. The number of hydrogen-bond acceptors (Lipinski definition) is 3. The third kappa shape index (κ3) is 5.92. The summed E-state index contributed by atoms with van der Waals surface area (Å²) in [7, 11) is 0. The molecular formula is C20H35N5OS. The lowest BCUT2D eigenvalue weighted by Crippen LogP contribution is -2.52. The van der Waals surface area contributed by atoms with Gasteiger partial charge in [-0.1, -0.05) is 40.5 Å². The maximum Gasteiger partial charge on any atom is 0.242 e. The lowest BCUT2D eigenvalue weighted by Gasteiger charge is -2.35. The fraction of sp³-hybridized carbons (Fsp3) is 0.750. The van der Waals surface area contributed by atoms with Gasteiger partial charge in [0.05, 0.1) is 12.1 Å². The van der Waals surface area contributed by atoms with Crippen LogP contribution >= 0.6 is 12.2 Å². The number of nitrogens with one attached hydrogen (secondary N) is 3. The van der Waals surface area contributed by atoms with Crippen LogP contribution in [0.25, 0.3) is 0 Å². The largest absolute Gasteiger partial charge is 0.358 e. The molecule has 0 unspecified atom stereocenters. The number of amides is 1. The highest BCUT2D eigenvalue weighted by Crippen LogP contribution is 2.29. The van der Waals surface area contributed by atoms with Gasteiger partial charge >= 0.3 is 0 Å². The number of nitrogens with zero attached hydrogens (tertiary/aromatic N) is 2. The number of aryl methyl sites for hydroxylation is 1. The molecule has 152 valence electrons. The third-order valence-corrected chi connectivity index (χ3v) is 5.97. The Morgan fingerprint density at radius 1 is 1.26 bits per heavy atom. The van der Waals surface area contributed by atoms with Gasteiger partial charge in [-0.3, -0.25) is 20.3 Å². The molecule has 1 aliphatic rings. The van der Waals surface area contributed by atoms with Crippen molar-refractivity contribution >= 4 is 23.2 Å². The Kier molecular flexibility index (Phi) is 7.65. The van der Waals surface area contributed by atoms with Crippen LogP contribution in [0.15, 0.2) is 0 Å². The summed E-state index contributed by atoms with van der Waals surface area (Å²) in [6.45, 7) is 13.7. The minimum Gasteiger partial charge on any atom is -0.358 e. The predicted octanol–water partition coefficient (Wildman–Crippen LogP) is 3.02. The first kappa shape index (κ1) is 21.7. The van der Waals surface area contributed by atoms with Crippen LogP contribution in [0.4, 0.5) is 0 Å². The van der Waals surface area contributed by atoms with Crippen LogP contribution in [-0.4, -0.2) is 26.8 Å². The van der Waals surface area contributed by atoms with Gasteiger partial charge in [-0.15, -0.1) is 0 Å². The van der Waals surface area contributed by atoms with E-state index in [4.69, 9.17) is 12.2 Å². The van der Waals surface area contributed by atoms with E-state index in [0.717, 1.165) is 29.9 Å². The zero-order valence-corrected chi connectivity index (χ0v) is 18.4. The summed E-state index contributed by atoms with van der Waals surface area (Å²) >= 11 is 5.36. The molecule has 0 aliphatic heterocycles. The second-order valence-corrected chi connectivity index (χ2v) is 8.83. The van der Waals surface area contributed by atoms with Crippen LogP contribution in [0.5, 0.6) is 0 Å². The highest BCUT2D eigenvalue weighted by molar-refractivity contribution is 7.80. The van der Waals surface area contributed by atoms with E-state index in [0.29, 0.717) is 35.3 Å². The first-order chi connectivity index (χ1) is 12.7. The van der Waals surface area contributed by atoms with E-state index in [2.05, 4.69) is 49.0 Å². The maximum absolute atomic E-state index is 12.4. The molecule has 1 fully saturated rings. The van der Waals surface area contributed by atoms with Gasteiger partial charge in [0.2, 0.25) is 5.91 Å². The summed E-state index contributed by atoms with van der Waals surface area (Å²) in [5.41, 5.74) is 8.54. The van der Waals surface area contributed by atoms with Gasteiger partial charge in [0.1, 0.15) is 0 Å². The summed E-state index contributed by atoms with van der Waals surface area (Å²) in [6.07, 6.45) is 3.91. The van der Waals surface area contributed by atoms with Crippen LogP contribution in [-0.2, 0) is 17.8 Å². The van der Waals surface area contributed by atoms with Crippen molar-refractivity contribution in [2.24, 2.45) is 17.8 Å². The van der Waals surface area contributed by atoms with E-state index >= 15 is 0 Å². The topological polar surface area (TPSA) is 71.0 Å². The van der Waals surface area contributed by atoms with Crippen molar-refractivity contribution in [3.05, 3.63) is 17.0 Å². The number of hydrogen-bond donors (Lipinski definition) is 3. The summed E-state index contributed by atoms with van der Waals surface area (Å²) in [5, 5.41) is 8.41. The van der Waals surface area contributed by atoms with Crippen molar-refractivity contribution < 1.29 is 4.79 Å². The summed E-state index contributed by atoms with van der Waals surface area (Å²) in [4.78, 5) is 12.4. The van der Waals surface area contributed by atoms with Crippen molar-refractivity contribution in [3.8, 4) is 0 Å². The summed E-state index contributed by atoms with van der Waals surface area (Å²) in [5.74, 6) is 1.67. The molecule has 1 heterocycles. The monoisotopic (exact) mass is 393 g/mol. The van der Waals surface area contributed by atoms with Gasteiger partial charge in [-0.2, -0.15) is 5.10 Å². The number of thiocarbonyl (C=S) groups is 1. The van der Waals surface area contributed by atoms with Crippen molar-refractivity contribution in [2.45, 2.75) is 79.8 Å². The molecule has 0 radical (unpaired) electrons. The average molecular weight is 394 g/mol. The lowest BCUT2D eigenvalue weighted by molar-refractivity contribution is -0.121. The molecular weight excluding hydrogens is 358 g/mol. The molecule has 0 aromatic carbocycles. The molecule has 27 heavy (non-hydrogen) atoms. The first-order valence-corrected chi connectivity index (χ1v) is 10.5. The molecule has 7 heteroatoms. The SMILES string of the molecule is Cc1nn(CC(C)C)c(C)c1CC(=O)NNC(=S)N[C@H]1CCC[C@H](C)[C@@H]1C. The van der Waals surface area contributed by atoms with E-state index in [1.165, 1.54) is 12.8 Å². The Labute approximate surface area is 168 Å². The fourth-order valence-electron chi connectivity index (χ4n) is 3.83. The minimum atomic E-state index is -0.112. The Morgan fingerprint density at radius 3 is 2.63 bits per heavy atom. The van der Waals surface area contributed by atoms with Crippen molar-refractivity contribution in [1.82, 2.24) is 25.9 Å². The van der Waals surface area contributed by atoms with Gasteiger partial charge in [-0.25, -0.2) is 0 Å². The van der Waals surface area contributed by atoms with Crippen LogP contribution in [0.3, 0.4) is 0 Å². The second kappa shape index (κ2) is 9.53. The molecule has 0 bridgehead atoms. The van der Waals surface area contributed by atoms with E-state index in [1.807, 2.05) is 18.5 Å². The molecule has 1 amide bonds. The molecule has 0 spiro atoms. The third-order valence-electron chi connectivity index (χ3n) is 5.75. The Morgan fingerprint density at radius 2 is 1.96 bits per heavy atom. The lowest BCUT2D eigenvalue weighted by atomic mass is 9.78. The molecule has 6 nitrogen and oxygen atoms in total. The molecule has 3 atom stereocenters. The quantitative estimate of drug-likeness (QED) is 0.530. The summed E-state index contributed by atoms with van der Waals surface area (Å²) in [6, 6.07) is 0.365. The normalized spacial score (nSPS) is 22.6. The zero-order chi connectivity index (χ0) is 20.1. The highest BCUT2D eigenvalue weighted by atomic mass is 32.1. The number of aromatic nitrogens is 2. The van der Waals surface area contributed by atoms with E-state index in [9.17, 15) is 4.79 Å². The summed E-state index contributed by atoms with van der Waals surface area (Å²) < 4.78 is 1.99. The van der Waals surface area contributed by atoms with E-state index in [-0.39, 0.29) is 5.91 Å². The minimum absolute atomic E-state index is 0.112. The predicted molar refractivity (Wildman–Crippen MR) is 113 cm³/mol. The van der Waals surface area contributed by atoms with Crippen molar-refractivity contribution in [3.63, 3.8) is 0 Å². The van der Waals surface area contributed by atoms with E-state index < -0.39 is 0 Å². The van der Waals surface area contributed by atoms with Crippen LogP contribution < -0.4 is 16.2 Å². The number of carbonyl (C=O) groups is 1. The fourth-order valence-corrected chi connectivity index (χ4v) is 4.04. The van der Waals surface area contributed by atoms with Crippen LogP contribution in [0.1, 0.15) is 63.9 Å². The van der Waals surface area contributed by atoms with Gasteiger partial charge in [-0.05, 0) is 50.2 Å². The second-order valence-electron chi connectivity index (χ2n) is 8.42. The number of carbonyl (C=O) groups excluding carboxylic acids is 1. The van der Waals surface area contributed by atoms with Gasteiger partial charge in [0, 0.05) is 23.8 Å². The Balaban J connectivity index is 1.84. The van der Waals surface area contributed by atoms with Crippen molar-refractivity contribution in [2.75, 3.05) is 0 Å². The average Bonchev–Trinajstić information content (AvgIpc) is 2.84. The molecule has 1 aliphatic carbocycles. The molecule has 0 saturated heterocycles. The highest BCUT2D eigenvalue weighted by Gasteiger charge is 2.27. The number of hydrazine groups is 1. The molecule has 1 saturated carbocycles. The van der Waals surface area contributed by atoms with Gasteiger partial charge in [0.25, 0.3) is 0 Å². The molecule has 3 N–H and O–H groups in total. The Bertz CT molecular complexity index is 670. The first-order valence-electron chi connectivity index (χ1n) is 10.1. The van der Waals surface area contributed by atoms with Crippen molar-refractivity contribution in [1.29, 1.82) is 0 Å². The number of rotatable bonds is 5.